The number of nitrogens with zero attached hydrogens (tertiary/aromatic N) is 3. The molecule has 0 saturated heterocycles. The summed E-state index contributed by atoms with van der Waals surface area (Å²) in [6.45, 7) is 6.24. The van der Waals surface area contributed by atoms with Gasteiger partial charge in [0.25, 0.3) is 0 Å². The SMILES string of the molecule is CC(C)N(C)CCCNc1ncncc1C(N)=S. The minimum absolute atomic E-state index is 0.317. The number of nitrogens with one attached hydrogen (secondary N) is 1. The summed E-state index contributed by atoms with van der Waals surface area (Å²) >= 11 is 4.95. The number of nitrogens with two attached hydrogens (primary N) is 1. The molecule has 0 aliphatic heterocycles. The summed E-state index contributed by atoms with van der Waals surface area (Å²) in [7, 11) is 2.12. The van der Waals surface area contributed by atoms with Crippen LogP contribution in [0.25, 0.3) is 0 Å². The minimum atomic E-state index is 0.317. The molecule has 0 radical (unpaired) electrons. The van der Waals surface area contributed by atoms with Crippen molar-refractivity contribution in [3.63, 3.8) is 0 Å². The third kappa shape index (κ3) is 4.54. The van der Waals surface area contributed by atoms with Crippen LogP contribution in [0.4, 0.5) is 5.82 Å². The monoisotopic (exact) mass is 267 g/mol. The molecule has 5 nitrogen and oxygen atoms in total. The van der Waals surface area contributed by atoms with E-state index in [4.69, 9.17) is 18.0 Å². The first-order valence-corrected chi connectivity index (χ1v) is 6.47. The molecular weight excluding hydrogens is 246 g/mol. The fourth-order valence-electron chi connectivity index (χ4n) is 1.44. The second kappa shape index (κ2) is 7.23. The van der Waals surface area contributed by atoms with Gasteiger partial charge in [-0.05, 0) is 33.9 Å². The average molecular weight is 267 g/mol. The normalized spacial score (nSPS) is 10.9. The van der Waals surface area contributed by atoms with Crippen molar-refractivity contribution < 1.29 is 0 Å². The first kappa shape index (κ1) is 14.8. The number of aromatic nitrogens is 2. The summed E-state index contributed by atoms with van der Waals surface area (Å²) < 4.78 is 0. The van der Waals surface area contributed by atoms with Gasteiger partial charge in [-0.15, -0.1) is 0 Å². The summed E-state index contributed by atoms with van der Waals surface area (Å²) in [6, 6.07) is 0.566. The second-order valence-corrected chi connectivity index (χ2v) is 4.94. The van der Waals surface area contributed by atoms with Crippen molar-refractivity contribution in [1.29, 1.82) is 0 Å². The van der Waals surface area contributed by atoms with Crippen LogP contribution in [0.15, 0.2) is 12.5 Å². The van der Waals surface area contributed by atoms with Gasteiger partial charge in [-0.2, -0.15) is 0 Å². The highest BCUT2D eigenvalue weighted by Crippen LogP contribution is 2.09. The van der Waals surface area contributed by atoms with E-state index in [9.17, 15) is 0 Å². The van der Waals surface area contributed by atoms with Crippen LogP contribution in [0, 0.1) is 0 Å². The van der Waals surface area contributed by atoms with E-state index >= 15 is 0 Å². The maximum Gasteiger partial charge on any atom is 0.139 e. The molecule has 3 N–H and O–H groups in total. The molecule has 1 rings (SSSR count). The zero-order valence-electron chi connectivity index (χ0n) is 11.2. The molecule has 0 amide bonds. The quantitative estimate of drug-likeness (QED) is 0.572. The number of thiocarbonyl (C=S) groups is 1. The standard InChI is InChI=1S/C12H21N5S/c1-9(2)17(3)6-4-5-15-12-10(11(13)18)7-14-8-16-12/h7-9H,4-6H2,1-3H3,(H2,13,18)(H,14,15,16). The van der Waals surface area contributed by atoms with Crippen molar-refractivity contribution in [1.82, 2.24) is 14.9 Å². The molecular formula is C12H21N5S. The average Bonchev–Trinajstić information content (AvgIpc) is 2.34. The molecule has 0 aromatic carbocycles. The molecule has 1 aromatic rings. The molecule has 0 atom stereocenters. The summed E-state index contributed by atoms with van der Waals surface area (Å²) in [5, 5.41) is 3.24. The van der Waals surface area contributed by atoms with Gasteiger partial charge in [0.2, 0.25) is 0 Å². The Kier molecular flexibility index (Phi) is 5.94. The van der Waals surface area contributed by atoms with E-state index < -0.39 is 0 Å². The number of rotatable bonds is 7. The molecule has 0 aliphatic rings. The van der Waals surface area contributed by atoms with Crippen molar-refractivity contribution in [2.24, 2.45) is 5.73 Å². The molecule has 1 aromatic heterocycles. The Bertz CT molecular complexity index is 394. The summed E-state index contributed by atoms with van der Waals surface area (Å²) in [4.78, 5) is 10.7. The van der Waals surface area contributed by atoms with Crippen molar-refractivity contribution in [2.75, 3.05) is 25.5 Å². The number of hydrogen-bond acceptors (Lipinski definition) is 5. The van der Waals surface area contributed by atoms with E-state index in [1.54, 1.807) is 6.20 Å². The Labute approximate surface area is 114 Å². The summed E-state index contributed by atoms with van der Waals surface area (Å²) in [5.41, 5.74) is 6.31. The maximum atomic E-state index is 5.61. The number of anilines is 1. The molecule has 6 heteroatoms. The first-order chi connectivity index (χ1) is 8.52. The highest BCUT2D eigenvalue weighted by atomic mass is 32.1. The zero-order valence-corrected chi connectivity index (χ0v) is 12.0. The Morgan fingerprint density at radius 3 is 2.89 bits per heavy atom. The third-order valence-corrected chi connectivity index (χ3v) is 3.06. The van der Waals surface area contributed by atoms with Crippen LogP contribution >= 0.6 is 12.2 Å². The third-order valence-electron chi connectivity index (χ3n) is 2.84. The molecule has 18 heavy (non-hydrogen) atoms. The van der Waals surface area contributed by atoms with Gasteiger partial charge >= 0.3 is 0 Å². The number of hydrogen-bond donors (Lipinski definition) is 2. The van der Waals surface area contributed by atoms with E-state index in [2.05, 4.69) is 41.1 Å². The van der Waals surface area contributed by atoms with Crippen LogP contribution in [0.3, 0.4) is 0 Å². The Morgan fingerprint density at radius 1 is 1.56 bits per heavy atom. The zero-order chi connectivity index (χ0) is 13.5. The second-order valence-electron chi connectivity index (χ2n) is 4.50. The van der Waals surface area contributed by atoms with Gasteiger partial charge in [-0.25, -0.2) is 9.97 Å². The van der Waals surface area contributed by atoms with E-state index in [1.165, 1.54) is 6.33 Å². The lowest BCUT2D eigenvalue weighted by Crippen LogP contribution is -2.28. The predicted octanol–water partition coefficient (Wildman–Crippen LogP) is 1.25. The summed E-state index contributed by atoms with van der Waals surface area (Å²) in [5.74, 6) is 0.713. The molecule has 1 heterocycles. The topological polar surface area (TPSA) is 67.1 Å². The lowest BCUT2D eigenvalue weighted by molar-refractivity contribution is 0.273. The van der Waals surface area contributed by atoms with Gasteiger partial charge in [0.15, 0.2) is 0 Å². The van der Waals surface area contributed by atoms with Gasteiger partial charge in [0.05, 0.1) is 5.56 Å². The first-order valence-electron chi connectivity index (χ1n) is 6.06. The fraction of sp³-hybridized carbons (Fsp3) is 0.583. The molecule has 0 fully saturated rings. The molecule has 0 saturated carbocycles. The molecule has 0 unspecified atom stereocenters. The van der Waals surface area contributed by atoms with Gasteiger partial charge in [-0.1, -0.05) is 12.2 Å². The lowest BCUT2D eigenvalue weighted by atomic mass is 10.3. The van der Waals surface area contributed by atoms with Crippen LogP contribution in [0.5, 0.6) is 0 Å². The smallest absolute Gasteiger partial charge is 0.139 e. The Hall–Kier alpha value is -1.27. The van der Waals surface area contributed by atoms with E-state index in [-0.39, 0.29) is 0 Å². The summed E-state index contributed by atoms with van der Waals surface area (Å²) in [6.07, 6.45) is 4.16. The Morgan fingerprint density at radius 2 is 2.28 bits per heavy atom. The predicted molar refractivity (Wildman–Crippen MR) is 78.8 cm³/mol. The van der Waals surface area contributed by atoms with Crippen molar-refractivity contribution in [2.45, 2.75) is 26.3 Å². The molecule has 0 spiro atoms. The minimum Gasteiger partial charge on any atom is -0.389 e. The van der Waals surface area contributed by atoms with E-state index in [0.717, 1.165) is 19.5 Å². The van der Waals surface area contributed by atoms with Crippen LogP contribution in [-0.2, 0) is 0 Å². The molecule has 0 bridgehead atoms. The lowest BCUT2D eigenvalue weighted by Gasteiger charge is -2.20. The maximum absolute atomic E-state index is 5.61. The fourth-order valence-corrected chi connectivity index (χ4v) is 1.59. The van der Waals surface area contributed by atoms with Crippen molar-refractivity contribution >= 4 is 23.0 Å². The van der Waals surface area contributed by atoms with Crippen LogP contribution in [0.1, 0.15) is 25.8 Å². The molecule has 100 valence electrons. The van der Waals surface area contributed by atoms with Gasteiger partial charge in [0.1, 0.15) is 17.1 Å². The highest BCUT2D eigenvalue weighted by Gasteiger charge is 2.06. The Balaban J connectivity index is 2.42. The van der Waals surface area contributed by atoms with Gasteiger partial charge in [0, 0.05) is 18.8 Å². The largest absolute Gasteiger partial charge is 0.389 e. The van der Waals surface area contributed by atoms with Crippen LogP contribution in [-0.4, -0.2) is 46.0 Å². The van der Waals surface area contributed by atoms with E-state index in [0.29, 0.717) is 22.4 Å². The van der Waals surface area contributed by atoms with Crippen molar-refractivity contribution in [3.8, 4) is 0 Å². The van der Waals surface area contributed by atoms with Crippen LogP contribution in [0.2, 0.25) is 0 Å². The van der Waals surface area contributed by atoms with Crippen molar-refractivity contribution in [3.05, 3.63) is 18.1 Å². The van der Waals surface area contributed by atoms with Gasteiger partial charge < -0.3 is 16.0 Å². The highest BCUT2D eigenvalue weighted by molar-refractivity contribution is 7.80. The van der Waals surface area contributed by atoms with E-state index in [1.807, 2.05) is 0 Å². The van der Waals surface area contributed by atoms with Crippen LogP contribution < -0.4 is 11.1 Å². The molecule has 0 aliphatic carbocycles. The van der Waals surface area contributed by atoms with Gasteiger partial charge in [-0.3, -0.25) is 0 Å².